The van der Waals surface area contributed by atoms with Gasteiger partial charge in [-0.25, -0.2) is 0 Å². The van der Waals surface area contributed by atoms with Gasteiger partial charge in [-0.2, -0.15) is 0 Å². The van der Waals surface area contributed by atoms with Gasteiger partial charge in [-0.3, -0.25) is 4.79 Å². The van der Waals surface area contributed by atoms with Gasteiger partial charge in [-0.1, -0.05) is 38.3 Å². The quantitative estimate of drug-likeness (QED) is 0.442. The molecule has 1 atom stereocenters. The van der Waals surface area contributed by atoms with E-state index >= 15 is 0 Å². The Morgan fingerprint density at radius 1 is 1.32 bits per heavy atom. The van der Waals surface area contributed by atoms with Crippen molar-refractivity contribution in [3.8, 4) is 0 Å². The van der Waals surface area contributed by atoms with Crippen LogP contribution in [0.1, 0.15) is 51.5 Å². The first-order valence-corrected chi connectivity index (χ1v) is 7.15. The molecule has 0 saturated heterocycles. The van der Waals surface area contributed by atoms with Gasteiger partial charge in [0.25, 0.3) is 0 Å². The summed E-state index contributed by atoms with van der Waals surface area (Å²) in [4.78, 5) is 11.8. The Kier molecular flexibility index (Phi) is 7.01. The molecule has 1 rings (SSSR count). The van der Waals surface area contributed by atoms with E-state index in [1.165, 1.54) is 19.3 Å². The van der Waals surface area contributed by atoms with E-state index in [2.05, 4.69) is 6.92 Å². The highest BCUT2D eigenvalue weighted by Gasteiger charge is 2.10. The van der Waals surface area contributed by atoms with Crippen LogP contribution in [-0.4, -0.2) is 12.1 Å². The molecule has 1 unspecified atom stereocenters. The summed E-state index contributed by atoms with van der Waals surface area (Å²) in [6, 6.07) is 7.37. The maximum atomic E-state index is 11.8. The predicted molar refractivity (Wildman–Crippen MR) is 78.9 cm³/mol. The summed E-state index contributed by atoms with van der Waals surface area (Å²) in [6.07, 6.45) is 6.07. The van der Waals surface area contributed by atoms with Gasteiger partial charge in [0, 0.05) is 5.69 Å². The molecule has 0 bridgehead atoms. The molecule has 0 fully saturated rings. The lowest BCUT2D eigenvalue weighted by atomic mass is 10.1. The summed E-state index contributed by atoms with van der Waals surface area (Å²) in [5.74, 6) is -0.173. The van der Waals surface area contributed by atoms with Gasteiger partial charge < -0.3 is 10.5 Å². The number of nitrogen functional groups attached to an aromatic ring is 1. The topological polar surface area (TPSA) is 52.3 Å². The Morgan fingerprint density at radius 3 is 2.79 bits per heavy atom. The molecule has 106 valence electrons. The standard InChI is InChI=1S/C16H25NO2/c1-3-4-5-6-8-13(2)19-16(18)12-14-9-7-10-15(17)11-14/h7,9-11,13H,3-6,8,12,17H2,1-2H3. The van der Waals surface area contributed by atoms with Crippen LogP contribution >= 0.6 is 0 Å². The Balaban J connectivity index is 2.26. The fraction of sp³-hybridized carbons (Fsp3) is 0.562. The number of anilines is 1. The van der Waals surface area contributed by atoms with Crippen molar-refractivity contribution in [2.75, 3.05) is 5.73 Å². The minimum absolute atomic E-state index is 0.00501. The van der Waals surface area contributed by atoms with Crippen molar-refractivity contribution in [1.82, 2.24) is 0 Å². The smallest absolute Gasteiger partial charge is 0.310 e. The number of unbranched alkanes of at least 4 members (excludes halogenated alkanes) is 3. The van der Waals surface area contributed by atoms with Gasteiger partial charge in [0.15, 0.2) is 0 Å². The molecule has 0 saturated carbocycles. The van der Waals surface area contributed by atoms with E-state index in [-0.39, 0.29) is 12.1 Å². The number of hydrogen-bond donors (Lipinski definition) is 1. The summed E-state index contributed by atoms with van der Waals surface area (Å²) in [7, 11) is 0. The predicted octanol–water partition coefficient (Wildman–Crippen LogP) is 3.71. The summed E-state index contributed by atoms with van der Waals surface area (Å²) in [5, 5.41) is 0. The molecule has 19 heavy (non-hydrogen) atoms. The lowest BCUT2D eigenvalue weighted by Crippen LogP contribution is -2.16. The highest BCUT2D eigenvalue weighted by Crippen LogP contribution is 2.11. The summed E-state index contributed by atoms with van der Waals surface area (Å²) >= 11 is 0. The van der Waals surface area contributed by atoms with Crippen LogP contribution in [0.5, 0.6) is 0 Å². The van der Waals surface area contributed by atoms with Gasteiger partial charge in [-0.05, 0) is 37.5 Å². The Hall–Kier alpha value is -1.51. The number of benzene rings is 1. The number of carbonyl (C=O) groups is 1. The monoisotopic (exact) mass is 263 g/mol. The number of rotatable bonds is 8. The van der Waals surface area contributed by atoms with Crippen molar-refractivity contribution in [3.05, 3.63) is 29.8 Å². The SMILES string of the molecule is CCCCCCC(C)OC(=O)Cc1cccc(N)c1. The molecule has 1 aromatic rings. The molecule has 0 heterocycles. The van der Waals surface area contributed by atoms with Gasteiger partial charge in [0.1, 0.15) is 0 Å². The number of hydrogen-bond acceptors (Lipinski definition) is 3. The lowest BCUT2D eigenvalue weighted by molar-refractivity contribution is -0.147. The van der Waals surface area contributed by atoms with Crippen molar-refractivity contribution >= 4 is 11.7 Å². The van der Waals surface area contributed by atoms with Crippen LogP contribution in [0.4, 0.5) is 5.69 Å². The van der Waals surface area contributed by atoms with Crippen LogP contribution in [-0.2, 0) is 16.0 Å². The van der Waals surface area contributed by atoms with Crippen molar-refractivity contribution in [1.29, 1.82) is 0 Å². The van der Waals surface area contributed by atoms with Gasteiger partial charge in [0.2, 0.25) is 0 Å². The Morgan fingerprint density at radius 2 is 2.11 bits per heavy atom. The third-order valence-corrected chi connectivity index (χ3v) is 3.10. The zero-order chi connectivity index (χ0) is 14.1. The summed E-state index contributed by atoms with van der Waals surface area (Å²) < 4.78 is 5.39. The molecule has 0 amide bonds. The van der Waals surface area contributed by atoms with Crippen LogP contribution in [0.3, 0.4) is 0 Å². The van der Waals surface area contributed by atoms with E-state index in [0.717, 1.165) is 18.4 Å². The molecule has 0 aromatic heterocycles. The molecule has 0 spiro atoms. The maximum Gasteiger partial charge on any atom is 0.310 e. The fourth-order valence-electron chi connectivity index (χ4n) is 2.05. The minimum atomic E-state index is -0.173. The molecule has 3 heteroatoms. The molecule has 0 aliphatic carbocycles. The molecule has 2 N–H and O–H groups in total. The lowest BCUT2D eigenvalue weighted by Gasteiger charge is -2.13. The van der Waals surface area contributed by atoms with Crippen LogP contribution in [0.2, 0.25) is 0 Å². The number of nitrogens with two attached hydrogens (primary N) is 1. The van der Waals surface area contributed by atoms with Crippen molar-refractivity contribution < 1.29 is 9.53 Å². The molecule has 0 aliphatic heterocycles. The second-order valence-electron chi connectivity index (χ2n) is 5.07. The number of ether oxygens (including phenoxy) is 1. The molecule has 1 aromatic carbocycles. The zero-order valence-corrected chi connectivity index (χ0v) is 12.0. The highest BCUT2D eigenvalue weighted by atomic mass is 16.5. The van der Waals surface area contributed by atoms with E-state index < -0.39 is 0 Å². The second-order valence-corrected chi connectivity index (χ2v) is 5.07. The maximum absolute atomic E-state index is 11.8. The Bertz CT molecular complexity index is 390. The first kappa shape index (κ1) is 15.5. The number of esters is 1. The zero-order valence-electron chi connectivity index (χ0n) is 12.0. The average Bonchev–Trinajstić information content (AvgIpc) is 2.34. The third kappa shape index (κ3) is 6.85. The van der Waals surface area contributed by atoms with Gasteiger partial charge in [-0.15, -0.1) is 0 Å². The van der Waals surface area contributed by atoms with E-state index in [0.29, 0.717) is 12.1 Å². The van der Waals surface area contributed by atoms with Crippen LogP contribution < -0.4 is 5.73 Å². The van der Waals surface area contributed by atoms with E-state index in [1.54, 1.807) is 0 Å². The summed E-state index contributed by atoms with van der Waals surface area (Å²) in [6.45, 7) is 4.15. The number of carbonyl (C=O) groups excluding carboxylic acids is 1. The van der Waals surface area contributed by atoms with E-state index in [4.69, 9.17) is 10.5 Å². The van der Waals surface area contributed by atoms with Crippen molar-refractivity contribution in [3.63, 3.8) is 0 Å². The van der Waals surface area contributed by atoms with E-state index in [1.807, 2.05) is 31.2 Å². The molecule has 0 aliphatic rings. The minimum Gasteiger partial charge on any atom is -0.462 e. The highest BCUT2D eigenvalue weighted by molar-refractivity contribution is 5.73. The average molecular weight is 263 g/mol. The fourth-order valence-corrected chi connectivity index (χ4v) is 2.05. The first-order chi connectivity index (χ1) is 9.11. The first-order valence-electron chi connectivity index (χ1n) is 7.15. The molecule has 0 radical (unpaired) electrons. The molecular formula is C16H25NO2. The normalized spacial score (nSPS) is 12.1. The van der Waals surface area contributed by atoms with Crippen LogP contribution in [0.25, 0.3) is 0 Å². The summed E-state index contributed by atoms with van der Waals surface area (Å²) in [5.41, 5.74) is 7.26. The second kappa shape index (κ2) is 8.57. The van der Waals surface area contributed by atoms with Crippen LogP contribution in [0, 0.1) is 0 Å². The van der Waals surface area contributed by atoms with Crippen LogP contribution in [0.15, 0.2) is 24.3 Å². The molecule has 3 nitrogen and oxygen atoms in total. The third-order valence-electron chi connectivity index (χ3n) is 3.10. The Labute approximate surface area is 116 Å². The van der Waals surface area contributed by atoms with Gasteiger partial charge >= 0.3 is 5.97 Å². The largest absolute Gasteiger partial charge is 0.462 e. The van der Waals surface area contributed by atoms with Crippen molar-refractivity contribution in [2.24, 2.45) is 0 Å². The van der Waals surface area contributed by atoms with E-state index in [9.17, 15) is 4.79 Å². The molecular weight excluding hydrogens is 238 g/mol. The van der Waals surface area contributed by atoms with Gasteiger partial charge in [0.05, 0.1) is 12.5 Å². The van der Waals surface area contributed by atoms with Crippen molar-refractivity contribution in [2.45, 2.75) is 58.5 Å².